The number of amides is 1. The van der Waals surface area contributed by atoms with Gasteiger partial charge in [0, 0.05) is 23.1 Å². The summed E-state index contributed by atoms with van der Waals surface area (Å²) in [6.07, 6.45) is 0. The van der Waals surface area contributed by atoms with Crippen LogP contribution in [-0.2, 0) is 6.54 Å². The van der Waals surface area contributed by atoms with Gasteiger partial charge < -0.3 is 20.8 Å². The normalized spacial score (nSPS) is 10.6. The minimum atomic E-state index is -0.198. The summed E-state index contributed by atoms with van der Waals surface area (Å²) in [5.74, 6) is 0.558. The van der Waals surface area contributed by atoms with Crippen molar-refractivity contribution in [3.63, 3.8) is 0 Å². The molecule has 3 rings (SSSR count). The molecule has 0 aliphatic rings. The molecule has 0 atom stereocenters. The van der Waals surface area contributed by atoms with E-state index in [4.69, 9.17) is 10.5 Å². The SMILES string of the molecule is COc1ccc2[nH]c(C(=O)Nc3ccccc3CN)cc2c1. The highest BCUT2D eigenvalue weighted by Crippen LogP contribution is 2.22. The zero-order chi connectivity index (χ0) is 15.5. The van der Waals surface area contributed by atoms with Crippen LogP contribution >= 0.6 is 0 Å². The second kappa shape index (κ2) is 5.91. The maximum atomic E-state index is 12.4. The number of nitrogens with two attached hydrogens (primary N) is 1. The minimum Gasteiger partial charge on any atom is -0.497 e. The van der Waals surface area contributed by atoms with Crippen molar-refractivity contribution in [3.8, 4) is 5.75 Å². The number of fused-ring (bicyclic) bond motifs is 1. The highest BCUT2D eigenvalue weighted by atomic mass is 16.5. The monoisotopic (exact) mass is 295 g/mol. The molecular formula is C17H17N3O2. The fraction of sp³-hybridized carbons (Fsp3) is 0.118. The molecule has 0 saturated heterocycles. The van der Waals surface area contributed by atoms with Crippen molar-refractivity contribution in [1.29, 1.82) is 0 Å². The molecule has 3 aromatic rings. The summed E-state index contributed by atoms with van der Waals surface area (Å²) in [4.78, 5) is 15.5. The summed E-state index contributed by atoms with van der Waals surface area (Å²) in [6, 6.07) is 14.9. The molecule has 0 unspecified atom stereocenters. The molecule has 1 amide bonds. The Labute approximate surface area is 128 Å². The maximum absolute atomic E-state index is 12.4. The predicted octanol–water partition coefficient (Wildman–Crippen LogP) is 2.89. The molecule has 1 aromatic heterocycles. The molecule has 4 N–H and O–H groups in total. The lowest BCUT2D eigenvalue weighted by atomic mass is 10.1. The highest BCUT2D eigenvalue weighted by molar-refractivity contribution is 6.06. The summed E-state index contributed by atoms with van der Waals surface area (Å²) in [7, 11) is 1.62. The Bertz CT molecular complexity index is 824. The van der Waals surface area contributed by atoms with Gasteiger partial charge in [0.05, 0.1) is 7.11 Å². The van der Waals surface area contributed by atoms with Gasteiger partial charge in [-0.2, -0.15) is 0 Å². The Morgan fingerprint density at radius 3 is 2.82 bits per heavy atom. The van der Waals surface area contributed by atoms with Gasteiger partial charge in [-0.25, -0.2) is 0 Å². The Hall–Kier alpha value is -2.79. The molecule has 0 aliphatic carbocycles. The maximum Gasteiger partial charge on any atom is 0.272 e. The predicted molar refractivity (Wildman–Crippen MR) is 87.1 cm³/mol. The van der Waals surface area contributed by atoms with Crippen LogP contribution in [0.1, 0.15) is 16.1 Å². The number of H-pyrrole nitrogens is 1. The van der Waals surface area contributed by atoms with Gasteiger partial charge >= 0.3 is 0 Å². The number of nitrogens with one attached hydrogen (secondary N) is 2. The largest absolute Gasteiger partial charge is 0.497 e. The number of ether oxygens (including phenoxy) is 1. The molecule has 1 heterocycles. The summed E-state index contributed by atoms with van der Waals surface area (Å²) in [6.45, 7) is 0.375. The zero-order valence-electron chi connectivity index (χ0n) is 12.2. The number of hydrogen-bond donors (Lipinski definition) is 3. The average Bonchev–Trinajstić information content (AvgIpc) is 2.98. The number of rotatable bonds is 4. The van der Waals surface area contributed by atoms with Crippen LogP contribution in [0, 0.1) is 0 Å². The van der Waals surface area contributed by atoms with E-state index in [1.54, 1.807) is 13.2 Å². The van der Waals surface area contributed by atoms with E-state index >= 15 is 0 Å². The van der Waals surface area contributed by atoms with Crippen LogP contribution in [0.4, 0.5) is 5.69 Å². The van der Waals surface area contributed by atoms with Gasteiger partial charge in [0.15, 0.2) is 0 Å². The van der Waals surface area contributed by atoms with Crippen LogP contribution in [0.15, 0.2) is 48.5 Å². The Morgan fingerprint density at radius 1 is 1.23 bits per heavy atom. The molecule has 0 spiro atoms. The smallest absolute Gasteiger partial charge is 0.272 e. The van der Waals surface area contributed by atoms with Crippen LogP contribution in [-0.4, -0.2) is 18.0 Å². The van der Waals surface area contributed by atoms with Crippen LogP contribution in [0.5, 0.6) is 5.75 Å². The molecule has 5 nitrogen and oxygen atoms in total. The van der Waals surface area contributed by atoms with Crippen LogP contribution in [0.3, 0.4) is 0 Å². The number of benzene rings is 2. The van der Waals surface area contributed by atoms with Crippen molar-refractivity contribution in [2.45, 2.75) is 6.54 Å². The molecule has 0 saturated carbocycles. The van der Waals surface area contributed by atoms with E-state index in [9.17, 15) is 4.79 Å². The van der Waals surface area contributed by atoms with Crippen molar-refractivity contribution in [2.75, 3.05) is 12.4 Å². The number of hydrogen-bond acceptors (Lipinski definition) is 3. The molecule has 2 aromatic carbocycles. The lowest BCUT2D eigenvalue weighted by molar-refractivity contribution is 0.102. The van der Waals surface area contributed by atoms with E-state index in [0.717, 1.165) is 27.9 Å². The fourth-order valence-electron chi connectivity index (χ4n) is 2.37. The first-order chi connectivity index (χ1) is 10.7. The Morgan fingerprint density at radius 2 is 2.05 bits per heavy atom. The number of anilines is 1. The number of para-hydroxylation sites is 1. The van der Waals surface area contributed by atoms with Crippen molar-refractivity contribution in [1.82, 2.24) is 4.98 Å². The standard InChI is InChI=1S/C17H17N3O2/c1-22-13-6-7-15-12(8-13)9-16(19-15)17(21)20-14-5-3-2-4-11(14)10-18/h2-9,19H,10,18H2,1H3,(H,20,21). The van der Waals surface area contributed by atoms with Crippen LogP contribution in [0.2, 0.25) is 0 Å². The first-order valence-electron chi connectivity index (χ1n) is 6.97. The van der Waals surface area contributed by atoms with Crippen LogP contribution in [0.25, 0.3) is 10.9 Å². The second-order valence-corrected chi connectivity index (χ2v) is 4.95. The third kappa shape index (κ3) is 2.66. The topological polar surface area (TPSA) is 80.1 Å². The summed E-state index contributed by atoms with van der Waals surface area (Å²) < 4.78 is 5.19. The highest BCUT2D eigenvalue weighted by Gasteiger charge is 2.11. The number of carbonyl (C=O) groups excluding carboxylic acids is 1. The molecule has 112 valence electrons. The second-order valence-electron chi connectivity index (χ2n) is 4.95. The van der Waals surface area contributed by atoms with Gasteiger partial charge in [0.25, 0.3) is 5.91 Å². The minimum absolute atomic E-state index is 0.198. The lowest BCUT2D eigenvalue weighted by Crippen LogP contribution is -2.14. The fourth-order valence-corrected chi connectivity index (χ4v) is 2.37. The number of aromatic amines is 1. The third-order valence-corrected chi connectivity index (χ3v) is 3.56. The molecule has 0 bridgehead atoms. The quantitative estimate of drug-likeness (QED) is 0.692. The summed E-state index contributed by atoms with van der Waals surface area (Å²) in [5, 5.41) is 3.81. The number of methoxy groups -OCH3 is 1. The molecule has 0 fully saturated rings. The Balaban J connectivity index is 1.88. The van der Waals surface area contributed by atoms with Gasteiger partial charge in [-0.05, 0) is 35.9 Å². The lowest BCUT2D eigenvalue weighted by Gasteiger charge is -2.08. The molecular weight excluding hydrogens is 278 g/mol. The molecule has 0 radical (unpaired) electrons. The van der Waals surface area contributed by atoms with Gasteiger partial charge in [0.1, 0.15) is 11.4 Å². The van der Waals surface area contributed by atoms with E-state index in [1.807, 2.05) is 42.5 Å². The zero-order valence-corrected chi connectivity index (χ0v) is 12.2. The van der Waals surface area contributed by atoms with Crippen LogP contribution < -0.4 is 15.8 Å². The van der Waals surface area contributed by atoms with E-state index in [-0.39, 0.29) is 5.91 Å². The van der Waals surface area contributed by atoms with Gasteiger partial charge in [0.2, 0.25) is 0 Å². The summed E-state index contributed by atoms with van der Waals surface area (Å²) in [5.41, 5.74) is 8.69. The van der Waals surface area contributed by atoms with E-state index in [0.29, 0.717) is 12.2 Å². The molecule has 0 aliphatic heterocycles. The van der Waals surface area contributed by atoms with Crippen molar-refractivity contribution in [3.05, 3.63) is 59.8 Å². The van der Waals surface area contributed by atoms with Gasteiger partial charge in [-0.1, -0.05) is 18.2 Å². The number of aromatic nitrogens is 1. The number of carbonyl (C=O) groups is 1. The molecule has 22 heavy (non-hydrogen) atoms. The summed E-state index contributed by atoms with van der Waals surface area (Å²) >= 11 is 0. The van der Waals surface area contributed by atoms with Gasteiger partial charge in [-0.15, -0.1) is 0 Å². The van der Waals surface area contributed by atoms with Crippen molar-refractivity contribution in [2.24, 2.45) is 5.73 Å². The molecule has 5 heteroatoms. The van der Waals surface area contributed by atoms with Gasteiger partial charge in [-0.3, -0.25) is 4.79 Å². The first-order valence-corrected chi connectivity index (χ1v) is 6.97. The van der Waals surface area contributed by atoms with Crippen molar-refractivity contribution >= 4 is 22.5 Å². The first kappa shape index (κ1) is 14.2. The Kier molecular flexibility index (Phi) is 3.80. The van der Waals surface area contributed by atoms with E-state index in [1.165, 1.54) is 0 Å². The average molecular weight is 295 g/mol. The van der Waals surface area contributed by atoms with E-state index in [2.05, 4.69) is 10.3 Å². The van der Waals surface area contributed by atoms with Crippen molar-refractivity contribution < 1.29 is 9.53 Å². The van der Waals surface area contributed by atoms with E-state index < -0.39 is 0 Å². The third-order valence-electron chi connectivity index (χ3n) is 3.56.